The van der Waals surface area contributed by atoms with E-state index in [1.165, 1.54) is 23.1 Å². The van der Waals surface area contributed by atoms with Crippen LogP contribution in [0.25, 0.3) is 0 Å². The summed E-state index contributed by atoms with van der Waals surface area (Å²) in [5, 5.41) is 3.03. The Balaban J connectivity index is 0.00000450. The SMILES string of the molecule is CCNC(=NCCS(=O)(=O)c1ccccc1F)N1CCN(C(C)C(F)(F)F)CC1.I. The molecule has 1 atom stereocenters. The highest BCUT2D eigenvalue weighted by molar-refractivity contribution is 14.0. The van der Waals surface area contributed by atoms with Crippen LogP contribution in [0.3, 0.4) is 0 Å². The predicted octanol–water partition coefficient (Wildman–Crippen LogP) is 2.75. The van der Waals surface area contributed by atoms with Gasteiger partial charge in [-0.05, 0) is 26.0 Å². The molecule has 0 amide bonds. The summed E-state index contributed by atoms with van der Waals surface area (Å²) in [5.41, 5.74) is 0. The van der Waals surface area contributed by atoms with E-state index in [-0.39, 0.29) is 54.3 Å². The number of hydrogen-bond acceptors (Lipinski definition) is 4. The van der Waals surface area contributed by atoms with E-state index in [2.05, 4.69) is 10.3 Å². The van der Waals surface area contributed by atoms with Crippen LogP contribution in [0.2, 0.25) is 0 Å². The number of sulfone groups is 1. The molecule has 12 heteroatoms. The molecule has 30 heavy (non-hydrogen) atoms. The molecule has 0 spiro atoms. The van der Waals surface area contributed by atoms with Gasteiger partial charge in [0.05, 0.1) is 12.3 Å². The lowest BCUT2D eigenvalue weighted by atomic mass is 10.2. The Morgan fingerprint density at radius 1 is 1.20 bits per heavy atom. The van der Waals surface area contributed by atoms with Crippen LogP contribution < -0.4 is 5.32 Å². The first kappa shape index (κ1) is 26.9. The third kappa shape index (κ3) is 7.22. The minimum atomic E-state index is -4.28. The highest BCUT2D eigenvalue weighted by atomic mass is 127. The van der Waals surface area contributed by atoms with Gasteiger partial charge in [0, 0.05) is 32.7 Å². The average Bonchev–Trinajstić information content (AvgIpc) is 2.66. The van der Waals surface area contributed by atoms with E-state index in [1.54, 1.807) is 4.90 Å². The number of benzene rings is 1. The largest absolute Gasteiger partial charge is 0.403 e. The highest BCUT2D eigenvalue weighted by Gasteiger charge is 2.41. The third-order valence-electron chi connectivity index (χ3n) is 4.76. The van der Waals surface area contributed by atoms with Gasteiger partial charge >= 0.3 is 6.18 Å². The van der Waals surface area contributed by atoms with Crippen LogP contribution in [0.4, 0.5) is 17.6 Å². The number of alkyl halides is 3. The molecule has 1 aliphatic heterocycles. The summed E-state index contributed by atoms with van der Waals surface area (Å²) in [4.78, 5) is 7.09. The van der Waals surface area contributed by atoms with Gasteiger partial charge in [-0.3, -0.25) is 9.89 Å². The van der Waals surface area contributed by atoms with E-state index in [9.17, 15) is 26.0 Å². The van der Waals surface area contributed by atoms with Crippen LogP contribution in [0.15, 0.2) is 34.2 Å². The summed E-state index contributed by atoms with van der Waals surface area (Å²) in [7, 11) is -3.83. The fourth-order valence-corrected chi connectivity index (χ4v) is 4.24. The molecule has 0 radical (unpaired) electrons. The van der Waals surface area contributed by atoms with E-state index in [4.69, 9.17) is 0 Å². The third-order valence-corrected chi connectivity index (χ3v) is 6.48. The molecule has 1 unspecified atom stereocenters. The standard InChI is InChI=1S/C18H26F4N4O2S.HI/c1-3-23-17(26-11-9-25(10-12-26)14(2)18(20,21)22)24-8-13-29(27,28)16-7-5-4-6-15(16)19;/h4-7,14H,3,8-13H2,1-2H3,(H,23,24);1H. The molecule has 1 aromatic carbocycles. The molecular weight excluding hydrogens is 539 g/mol. The quantitative estimate of drug-likeness (QED) is 0.249. The lowest BCUT2D eigenvalue weighted by Crippen LogP contribution is -2.56. The molecule has 1 fully saturated rings. The lowest BCUT2D eigenvalue weighted by Gasteiger charge is -2.39. The summed E-state index contributed by atoms with van der Waals surface area (Å²) in [6, 6.07) is 3.64. The number of piperazine rings is 1. The first-order valence-corrected chi connectivity index (χ1v) is 11.0. The molecule has 1 heterocycles. The van der Waals surface area contributed by atoms with Crippen molar-refractivity contribution in [3.63, 3.8) is 0 Å². The number of halogens is 5. The van der Waals surface area contributed by atoms with Crippen molar-refractivity contribution in [3.05, 3.63) is 30.1 Å². The Morgan fingerprint density at radius 3 is 2.33 bits per heavy atom. The van der Waals surface area contributed by atoms with Gasteiger partial charge in [0.15, 0.2) is 15.8 Å². The van der Waals surface area contributed by atoms with Gasteiger partial charge in [0.1, 0.15) is 16.8 Å². The van der Waals surface area contributed by atoms with E-state index in [1.807, 2.05) is 6.92 Å². The van der Waals surface area contributed by atoms with Crippen molar-refractivity contribution in [2.45, 2.75) is 31.0 Å². The van der Waals surface area contributed by atoms with E-state index in [0.29, 0.717) is 25.6 Å². The van der Waals surface area contributed by atoms with E-state index < -0.39 is 27.9 Å². The zero-order chi connectivity index (χ0) is 21.7. The van der Waals surface area contributed by atoms with Gasteiger partial charge in [-0.15, -0.1) is 24.0 Å². The van der Waals surface area contributed by atoms with Crippen molar-refractivity contribution < 1.29 is 26.0 Å². The van der Waals surface area contributed by atoms with Crippen LogP contribution in [0.1, 0.15) is 13.8 Å². The highest BCUT2D eigenvalue weighted by Crippen LogP contribution is 2.25. The average molecular weight is 566 g/mol. The fourth-order valence-electron chi connectivity index (χ4n) is 3.03. The summed E-state index contributed by atoms with van der Waals surface area (Å²) in [6.45, 7) is 4.54. The lowest BCUT2D eigenvalue weighted by molar-refractivity contribution is -0.181. The van der Waals surface area contributed by atoms with Gasteiger partial charge in [-0.1, -0.05) is 12.1 Å². The Labute approximate surface area is 191 Å². The Bertz CT molecular complexity index is 813. The Hall–Kier alpha value is -1.15. The maximum Gasteiger partial charge on any atom is 0.403 e. The van der Waals surface area contributed by atoms with Crippen LogP contribution in [-0.2, 0) is 9.84 Å². The molecule has 0 aliphatic carbocycles. The number of nitrogens with one attached hydrogen (secondary N) is 1. The fraction of sp³-hybridized carbons (Fsp3) is 0.611. The molecule has 0 aromatic heterocycles. The van der Waals surface area contributed by atoms with Gasteiger partial charge < -0.3 is 10.2 Å². The molecule has 1 aromatic rings. The molecule has 172 valence electrons. The summed E-state index contributed by atoms with van der Waals surface area (Å²) in [6.07, 6.45) is -4.28. The molecule has 0 bridgehead atoms. The maximum absolute atomic E-state index is 13.7. The first-order valence-electron chi connectivity index (χ1n) is 9.37. The molecule has 6 nitrogen and oxygen atoms in total. The van der Waals surface area contributed by atoms with Crippen molar-refractivity contribution >= 4 is 39.8 Å². The van der Waals surface area contributed by atoms with Crippen molar-refractivity contribution in [1.29, 1.82) is 0 Å². The minimum Gasteiger partial charge on any atom is -0.357 e. The predicted molar refractivity (Wildman–Crippen MR) is 119 cm³/mol. The van der Waals surface area contributed by atoms with Crippen molar-refractivity contribution in [2.75, 3.05) is 45.0 Å². The smallest absolute Gasteiger partial charge is 0.357 e. The summed E-state index contributed by atoms with van der Waals surface area (Å²) < 4.78 is 77.0. The molecule has 1 aliphatic rings. The Morgan fingerprint density at radius 2 is 1.80 bits per heavy atom. The number of aliphatic imine (C=N–C) groups is 1. The zero-order valence-corrected chi connectivity index (χ0v) is 20.0. The second-order valence-electron chi connectivity index (χ2n) is 6.73. The van der Waals surface area contributed by atoms with Gasteiger partial charge in [-0.2, -0.15) is 13.2 Å². The normalized spacial score (nSPS) is 17.4. The van der Waals surface area contributed by atoms with Crippen molar-refractivity contribution in [2.24, 2.45) is 4.99 Å². The number of rotatable bonds is 6. The van der Waals surface area contributed by atoms with Crippen LogP contribution >= 0.6 is 24.0 Å². The van der Waals surface area contributed by atoms with Crippen LogP contribution in [0.5, 0.6) is 0 Å². The van der Waals surface area contributed by atoms with Crippen LogP contribution in [0, 0.1) is 5.82 Å². The number of nitrogens with zero attached hydrogens (tertiary/aromatic N) is 3. The van der Waals surface area contributed by atoms with Gasteiger partial charge in [0.2, 0.25) is 0 Å². The van der Waals surface area contributed by atoms with Gasteiger partial charge in [-0.25, -0.2) is 12.8 Å². The summed E-state index contributed by atoms with van der Waals surface area (Å²) >= 11 is 0. The maximum atomic E-state index is 13.7. The van der Waals surface area contributed by atoms with Crippen molar-refractivity contribution in [3.8, 4) is 0 Å². The first-order chi connectivity index (χ1) is 13.6. The monoisotopic (exact) mass is 566 g/mol. The van der Waals surface area contributed by atoms with Gasteiger partial charge in [0.25, 0.3) is 0 Å². The molecular formula is C18H27F4IN4O2S. The molecule has 1 N–H and O–H groups in total. The minimum absolute atomic E-state index is 0. The second-order valence-corrected chi connectivity index (χ2v) is 8.80. The van der Waals surface area contributed by atoms with E-state index in [0.717, 1.165) is 13.0 Å². The summed E-state index contributed by atoms with van der Waals surface area (Å²) in [5.74, 6) is -0.734. The van der Waals surface area contributed by atoms with E-state index >= 15 is 0 Å². The zero-order valence-electron chi connectivity index (χ0n) is 16.8. The molecule has 0 saturated carbocycles. The van der Waals surface area contributed by atoms with Crippen LogP contribution in [-0.4, -0.2) is 81.4 Å². The Kier molecular flexibility index (Phi) is 10.3. The molecule has 2 rings (SSSR count). The second kappa shape index (κ2) is 11.5. The molecule has 1 saturated heterocycles. The topological polar surface area (TPSA) is 65.0 Å². The van der Waals surface area contributed by atoms with Crippen molar-refractivity contribution in [1.82, 2.24) is 15.1 Å². The number of hydrogen-bond donors (Lipinski definition) is 1. The number of guanidine groups is 1.